The largest absolute Gasteiger partial charge is 0.289 e. The van der Waals surface area contributed by atoms with Crippen LogP contribution in [0.5, 0.6) is 0 Å². The molecule has 10 heteroatoms. The number of sulfonamides is 2. The Morgan fingerprint density at radius 2 is 1.11 bits per heavy atom. The maximum Gasteiger partial charge on any atom is 0.238 e. The van der Waals surface area contributed by atoms with E-state index in [0.29, 0.717) is 35.8 Å². The average molecular weight is 643 g/mol. The number of fused-ring (bicyclic) bond motifs is 2. The number of carbonyl (C=O) groups excluding carboxylic acids is 2. The zero-order valence-electron chi connectivity index (χ0n) is 26.7. The molecule has 5 rings (SSSR count). The maximum absolute atomic E-state index is 14.3. The van der Waals surface area contributed by atoms with Crippen LogP contribution >= 0.6 is 0 Å². The number of nitrogens with two attached hydrogens (primary N) is 2. The number of hydrogen-bond donors (Lipinski definition) is 2. The highest BCUT2D eigenvalue weighted by Gasteiger charge is 2.42. The SMILES string of the molecule is CC(C)(C)C1CCC(c2cc3c(c(C4CCC(C(C)(C)C)CC4)c2S(N)(=O)=O)C(=O)c2cc(S(N)(=O)=O)ccc2C3=O)CC1. The van der Waals surface area contributed by atoms with Gasteiger partial charge in [-0.05, 0) is 121 Å². The van der Waals surface area contributed by atoms with Crippen molar-refractivity contribution in [3.05, 3.63) is 57.6 Å². The zero-order chi connectivity index (χ0) is 32.6. The number of ketones is 2. The third kappa shape index (κ3) is 6.07. The summed E-state index contributed by atoms with van der Waals surface area (Å²) >= 11 is 0. The summed E-state index contributed by atoms with van der Waals surface area (Å²) in [5.41, 5.74) is 1.31. The first-order valence-electron chi connectivity index (χ1n) is 15.7. The second-order valence-electron chi connectivity index (χ2n) is 15.4. The van der Waals surface area contributed by atoms with E-state index in [1.54, 1.807) is 6.07 Å². The van der Waals surface area contributed by atoms with E-state index in [1.165, 1.54) is 12.1 Å². The Morgan fingerprint density at radius 1 is 0.614 bits per heavy atom. The van der Waals surface area contributed by atoms with E-state index in [0.717, 1.165) is 44.6 Å². The molecule has 44 heavy (non-hydrogen) atoms. The normalized spacial score (nSPS) is 25.0. The van der Waals surface area contributed by atoms with Gasteiger partial charge in [0.1, 0.15) is 0 Å². The first kappa shape index (κ1) is 33.0. The number of hydrogen-bond acceptors (Lipinski definition) is 6. The van der Waals surface area contributed by atoms with E-state index < -0.39 is 31.6 Å². The molecule has 3 aliphatic carbocycles. The van der Waals surface area contributed by atoms with E-state index in [4.69, 9.17) is 10.3 Å². The Balaban J connectivity index is 1.74. The summed E-state index contributed by atoms with van der Waals surface area (Å²) < 4.78 is 51.5. The molecule has 2 aromatic rings. The van der Waals surface area contributed by atoms with Gasteiger partial charge in [0, 0.05) is 22.3 Å². The lowest BCUT2D eigenvalue weighted by Crippen LogP contribution is -2.32. The molecule has 2 fully saturated rings. The Morgan fingerprint density at radius 3 is 1.57 bits per heavy atom. The van der Waals surface area contributed by atoms with Crippen molar-refractivity contribution in [2.45, 2.75) is 115 Å². The number of primary sulfonamides is 2. The third-order valence-electron chi connectivity index (χ3n) is 10.7. The first-order valence-corrected chi connectivity index (χ1v) is 18.8. The van der Waals surface area contributed by atoms with Crippen LogP contribution in [0.25, 0.3) is 0 Å². The summed E-state index contributed by atoms with van der Waals surface area (Å²) in [6, 6.07) is 5.30. The Hall–Kier alpha value is -2.40. The van der Waals surface area contributed by atoms with Crippen LogP contribution in [-0.2, 0) is 20.0 Å². The van der Waals surface area contributed by atoms with Crippen molar-refractivity contribution >= 4 is 31.6 Å². The average Bonchev–Trinajstić information content (AvgIpc) is 2.92. The quantitative estimate of drug-likeness (QED) is 0.336. The summed E-state index contributed by atoms with van der Waals surface area (Å²) in [6.07, 6.45) is 6.38. The van der Waals surface area contributed by atoms with E-state index in [-0.39, 0.29) is 54.7 Å². The molecule has 0 spiro atoms. The molecule has 0 bridgehead atoms. The van der Waals surface area contributed by atoms with E-state index >= 15 is 0 Å². The van der Waals surface area contributed by atoms with Crippen LogP contribution in [0, 0.1) is 22.7 Å². The van der Waals surface area contributed by atoms with Gasteiger partial charge in [-0.2, -0.15) is 0 Å². The minimum atomic E-state index is -4.31. The highest BCUT2D eigenvalue weighted by molar-refractivity contribution is 7.89. The molecule has 0 aliphatic heterocycles. The van der Waals surface area contributed by atoms with Gasteiger partial charge in [0.15, 0.2) is 11.6 Å². The lowest BCUT2D eigenvalue weighted by molar-refractivity contribution is 0.0976. The molecule has 0 aromatic heterocycles. The molecular weight excluding hydrogens is 597 g/mol. The molecule has 3 aliphatic rings. The minimum absolute atomic E-state index is 0.0122. The van der Waals surface area contributed by atoms with E-state index in [9.17, 15) is 26.4 Å². The fourth-order valence-electron chi connectivity index (χ4n) is 8.03. The third-order valence-corrected chi connectivity index (χ3v) is 12.6. The Bertz CT molecular complexity index is 1730. The van der Waals surface area contributed by atoms with Crippen LogP contribution in [-0.4, -0.2) is 28.4 Å². The predicted molar refractivity (Wildman–Crippen MR) is 171 cm³/mol. The molecule has 0 amide bonds. The second-order valence-corrected chi connectivity index (χ2v) is 18.5. The lowest BCUT2D eigenvalue weighted by Gasteiger charge is -2.40. The molecule has 0 heterocycles. The second kappa shape index (κ2) is 11.1. The summed E-state index contributed by atoms with van der Waals surface area (Å²) in [5, 5.41) is 11.4. The molecule has 0 saturated heterocycles. The van der Waals surface area contributed by atoms with Gasteiger partial charge in [0.25, 0.3) is 0 Å². The molecule has 240 valence electrons. The Kier molecular flexibility index (Phi) is 8.35. The van der Waals surface area contributed by atoms with Crippen molar-refractivity contribution in [1.29, 1.82) is 0 Å². The molecule has 0 unspecified atom stereocenters. The molecule has 0 atom stereocenters. The fraction of sp³-hybridized carbons (Fsp3) is 0.588. The van der Waals surface area contributed by atoms with Crippen LogP contribution in [0.15, 0.2) is 34.1 Å². The first-order chi connectivity index (χ1) is 20.2. The molecule has 2 aromatic carbocycles. The van der Waals surface area contributed by atoms with E-state index in [2.05, 4.69) is 41.5 Å². The summed E-state index contributed by atoms with van der Waals surface area (Å²) in [6.45, 7) is 13.3. The lowest BCUT2D eigenvalue weighted by atomic mass is 9.66. The van der Waals surface area contributed by atoms with Crippen molar-refractivity contribution in [2.75, 3.05) is 0 Å². The smallest absolute Gasteiger partial charge is 0.238 e. The van der Waals surface area contributed by atoms with Gasteiger partial charge in [-0.3, -0.25) is 9.59 Å². The maximum atomic E-state index is 14.3. The van der Waals surface area contributed by atoms with Gasteiger partial charge >= 0.3 is 0 Å². The highest BCUT2D eigenvalue weighted by atomic mass is 32.2. The van der Waals surface area contributed by atoms with Crippen molar-refractivity contribution in [3.63, 3.8) is 0 Å². The van der Waals surface area contributed by atoms with Crippen molar-refractivity contribution < 1.29 is 26.4 Å². The van der Waals surface area contributed by atoms with Crippen molar-refractivity contribution in [1.82, 2.24) is 0 Å². The van der Waals surface area contributed by atoms with Crippen molar-refractivity contribution in [3.8, 4) is 0 Å². The molecule has 0 radical (unpaired) electrons. The van der Waals surface area contributed by atoms with Gasteiger partial charge in [-0.15, -0.1) is 0 Å². The number of carbonyl (C=O) groups is 2. The van der Waals surface area contributed by atoms with E-state index in [1.807, 2.05) is 0 Å². The van der Waals surface area contributed by atoms with Crippen molar-refractivity contribution in [2.24, 2.45) is 32.9 Å². The van der Waals surface area contributed by atoms with Crippen LogP contribution < -0.4 is 10.3 Å². The number of benzene rings is 2. The fourth-order valence-corrected chi connectivity index (χ4v) is 9.70. The summed E-state index contributed by atoms with van der Waals surface area (Å²) in [5.74, 6) is -0.484. The van der Waals surface area contributed by atoms with Gasteiger partial charge < -0.3 is 0 Å². The van der Waals surface area contributed by atoms with Crippen LogP contribution in [0.4, 0.5) is 0 Å². The number of rotatable bonds is 4. The minimum Gasteiger partial charge on any atom is -0.289 e. The van der Waals surface area contributed by atoms with Gasteiger partial charge in [0.05, 0.1) is 9.79 Å². The zero-order valence-corrected chi connectivity index (χ0v) is 28.3. The van der Waals surface area contributed by atoms with Gasteiger partial charge in [0.2, 0.25) is 20.0 Å². The van der Waals surface area contributed by atoms with Crippen LogP contribution in [0.2, 0.25) is 0 Å². The molecule has 2 saturated carbocycles. The molecular formula is C34H46N2O6S2. The standard InChI is InChI=1S/C34H46N2O6S2/c1-33(2,3)21-11-7-19(8-12-21)25-18-27-29(31(38)26-17-23(43(35,39)40)15-16-24(26)30(27)37)28(32(25)44(36,41)42)20-9-13-22(14-10-20)34(4,5)6/h15-22H,7-14H2,1-6H3,(H2,35,39,40)(H2,36,41,42). The highest BCUT2D eigenvalue weighted by Crippen LogP contribution is 2.51. The predicted octanol–water partition coefficient (Wildman–Crippen LogP) is 6.40. The molecule has 4 N–H and O–H groups in total. The molecule has 8 nitrogen and oxygen atoms in total. The summed E-state index contributed by atoms with van der Waals surface area (Å²) in [7, 11) is -8.46. The topological polar surface area (TPSA) is 154 Å². The van der Waals surface area contributed by atoms with Crippen LogP contribution in [0.1, 0.15) is 148 Å². The van der Waals surface area contributed by atoms with Gasteiger partial charge in [-0.1, -0.05) is 41.5 Å². The van der Waals surface area contributed by atoms with Crippen LogP contribution in [0.3, 0.4) is 0 Å². The Labute approximate surface area is 262 Å². The summed E-state index contributed by atoms with van der Waals surface area (Å²) in [4.78, 5) is 28.1. The monoisotopic (exact) mass is 642 g/mol. The van der Waals surface area contributed by atoms with Gasteiger partial charge in [-0.25, -0.2) is 27.1 Å².